The van der Waals surface area contributed by atoms with E-state index in [1.165, 1.54) is 17.7 Å². The lowest BCUT2D eigenvalue weighted by Crippen LogP contribution is -2.46. The van der Waals surface area contributed by atoms with E-state index in [1.807, 2.05) is 30.5 Å². The van der Waals surface area contributed by atoms with Crippen LogP contribution in [-0.2, 0) is 13.1 Å². The molecular weight excluding hydrogens is 749 g/mol. The Morgan fingerprint density at radius 1 is 0.600 bits per heavy atom. The molecule has 0 radical (unpaired) electrons. The number of halogens is 2. The number of aromatic carboxylic acids is 3. The molecule has 13 nitrogen and oxygen atoms in total. The van der Waals surface area contributed by atoms with E-state index in [4.69, 9.17) is 47.4 Å². The largest absolute Gasteiger partial charge is 0.478 e. The van der Waals surface area contributed by atoms with Gasteiger partial charge in [-0.05, 0) is 53.6 Å². The summed E-state index contributed by atoms with van der Waals surface area (Å²) >= 11 is 13.1. The van der Waals surface area contributed by atoms with E-state index >= 15 is 0 Å². The third-order valence-electron chi connectivity index (χ3n) is 9.79. The molecule has 55 heavy (non-hydrogen) atoms. The molecule has 8 rings (SSSR count). The van der Waals surface area contributed by atoms with Crippen molar-refractivity contribution in [1.29, 1.82) is 0 Å². The second-order valence-corrected chi connectivity index (χ2v) is 14.1. The standard InChI is InChI=1S/C21H19ClN2O5.C19H18ClN3O3/c22-19-15-11-18(21(27)28)29-17(15)5-4-16(19)24-8-6-23(7-9-24)12-13-2-1-3-14(10-13)20(25)26;20-18-14-10-17(19(24)25)26-16(14)4-3-15(18)23-8-6-22(7-9-23)12-13-2-1-5-21-11-13/h1-5,10-11H,6-9,12H2,(H,25,26)(H,27,28);1-5,10-11H,6-9,12H2,(H,24,25). The van der Waals surface area contributed by atoms with Crippen LogP contribution < -0.4 is 9.80 Å². The highest BCUT2D eigenvalue weighted by atomic mass is 35.5. The Hall–Kier alpha value is -5.60. The SMILES string of the molecule is O=C(O)c1cc2c(Cl)c(N3CCN(Cc4cccnc4)CC3)ccc2o1.O=C(O)c1cccc(CN2CCN(c3ccc4oc(C(=O)O)cc4c3Cl)CC2)c1. The van der Waals surface area contributed by atoms with Crippen molar-refractivity contribution in [2.45, 2.75) is 13.1 Å². The third kappa shape index (κ3) is 8.55. The Balaban J connectivity index is 0.000000170. The molecule has 3 N–H and O–H groups in total. The van der Waals surface area contributed by atoms with E-state index in [9.17, 15) is 14.4 Å². The van der Waals surface area contributed by atoms with Crippen molar-refractivity contribution in [1.82, 2.24) is 14.8 Å². The van der Waals surface area contributed by atoms with E-state index in [1.54, 1.807) is 36.5 Å². The highest BCUT2D eigenvalue weighted by Crippen LogP contribution is 2.37. The fourth-order valence-electron chi connectivity index (χ4n) is 6.94. The number of hydrogen-bond donors (Lipinski definition) is 3. The quantitative estimate of drug-likeness (QED) is 0.134. The maximum atomic E-state index is 11.1. The first-order valence-electron chi connectivity index (χ1n) is 17.6. The summed E-state index contributed by atoms with van der Waals surface area (Å²) in [5.41, 5.74) is 5.18. The molecule has 3 aromatic carbocycles. The second-order valence-electron chi connectivity index (χ2n) is 13.3. The van der Waals surface area contributed by atoms with Gasteiger partial charge in [-0.25, -0.2) is 14.4 Å². The van der Waals surface area contributed by atoms with Crippen LogP contribution >= 0.6 is 23.2 Å². The van der Waals surface area contributed by atoms with Crippen molar-refractivity contribution in [2.24, 2.45) is 0 Å². The maximum Gasteiger partial charge on any atom is 0.371 e. The molecule has 2 aliphatic heterocycles. The number of hydrogen-bond acceptors (Lipinski definition) is 10. The number of benzene rings is 3. The van der Waals surface area contributed by atoms with Gasteiger partial charge in [0.1, 0.15) is 11.2 Å². The monoisotopic (exact) mass is 785 g/mol. The summed E-state index contributed by atoms with van der Waals surface area (Å²) in [7, 11) is 0. The van der Waals surface area contributed by atoms with Crippen molar-refractivity contribution in [3.63, 3.8) is 0 Å². The van der Waals surface area contributed by atoms with Crippen LogP contribution in [0, 0.1) is 0 Å². The number of nitrogens with zero attached hydrogens (tertiary/aromatic N) is 5. The molecule has 6 aromatic rings. The highest BCUT2D eigenvalue weighted by Gasteiger charge is 2.24. The third-order valence-corrected chi connectivity index (χ3v) is 10.6. The zero-order valence-corrected chi connectivity index (χ0v) is 31.0. The van der Waals surface area contributed by atoms with E-state index < -0.39 is 17.9 Å². The molecule has 0 spiro atoms. The van der Waals surface area contributed by atoms with Gasteiger partial charge in [-0.15, -0.1) is 0 Å². The molecule has 0 amide bonds. The van der Waals surface area contributed by atoms with E-state index in [0.29, 0.717) is 44.1 Å². The fourth-order valence-corrected chi connectivity index (χ4v) is 7.60. The van der Waals surface area contributed by atoms with Crippen LogP contribution in [0.2, 0.25) is 10.0 Å². The summed E-state index contributed by atoms with van der Waals surface area (Å²) in [6.07, 6.45) is 3.68. The highest BCUT2D eigenvalue weighted by molar-refractivity contribution is 6.38. The number of pyridine rings is 1. The molecule has 2 saturated heterocycles. The number of rotatable bonds is 9. The molecule has 15 heteroatoms. The molecule has 2 fully saturated rings. The number of carbonyl (C=O) groups is 3. The molecule has 0 bridgehead atoms. The van der Waals surface area contributed by atoms with Crippen LogP contribution in [0.4, 0.5) is 11.4 Å². The number of anilines is 2. The van der Waals surface area contributed by atoms with Crippen LogP contribution in [-0.4, -0.2) is 100 Å². The van der Waals surface area contributed by atoms with Crippen LogP contribution in [0.25, 0.3) is 21.9 Å². The van der Waals surface area contributed by atoms with Crippen LogP contribution in [0.3, 0.4) is 0 Å². The number of aromatic nitrogens is 1. The lowest BCUT2D eigenvalue weighted by atomic mass is 10.1. The Kier molecular flexibility index (Phi) is 11.3. The predicted octanol–water partition coefficient (Wildman–Crippen LogP) is 7.31. The summed E-state index contributed by atoms with van der Waals surface area (Å²) in [5, 5.41) is 29.6. The average Bonchev–Trinajstić information content (AvgIpc) is 3.84. The van der Waals surface area contributed by atoms with Gasteiger partial charge in [0.15, 0.2) is 0 Å². The number of furan rings is 2. The number of fused-ring (bicyclic) bond motifs is 2. The molecule has 3 aromatic heterocycles. The summed E-state index contributed by atoms with van der Waals surface area (Å²) in [5.74, 6) is -3.37. The summed E-state index contributed by atoms with van der Waals surface area (Å²) in [6, 6.07) is 21.3. The zero-order valence-electron chi connectivity index (χ0n) is 29.5. The Morgan fingerprint density at radius 3 is 1.55 bits per heavy atom. The molecule has 284 valence electrons. The molecule has 2 aliphatic rings. The zero-order chi connectivity index (χ0) is 38.6. The van der Waals surface area contributed by atoms with Gasteiger partial charge in [0.2, 0.25) is 11.5 Å². The number of piperazine rings is 2. The molecule has 0 atom stereocenters. The van der Waals surface area contributed by atoms with Crippen molar-refractivity contribution in [3.8, 4) is 0 Å². The molecule has 0 saturated carbocycles. The van der Waals surface area contributed by atoms with Crippen LogP contribution in [0.15, 0.2) is 94.0 Å². The van der Waals surface area contributed by atoms with Gasteiger partial charge >= 0.3 is 17.9 Å². The lowest BCUT2D eigenvalue weighted by molar-refractivity contribution is 0.0655. The minimum atomic E-state index is -1.13. The lowest BCUT2D eigenvalue weighted by Gasteiger charge is -2.36. The number of carboxylic acid groups (broad SMARTS) is 3. The van der Waals surface area contributed by atoms with Gasteiger partial charge in [0.05, 0.1) is 27.0 Å². The van der Waals surface area contributed by atoms with Crippen molar-refractivity contribution in [3.05, 3.63) is 123 Å². The summed E-state index contributed by atoms with van der Waals surface area (Å²) < 4.78 is 10.6. The van der Waals surface area contributed by atoms with Gasteiger partial charge in [-0.2, -0.15) is 0 Å². The van der Waals surface area contributed by atoms with E-state index in [2.05, 4.69) is 30.6 Å². The topological polar surface area (TPSA) is 164 Å². The Morgan fingerprint density at radius 2 is 1.09 bits per heavy atom. The predicted molar refractivity (Wildman–Crippen MR) is 209 cm³/mol. The van der Waals surface area contributed by atoms with Gasteiger partial charge in [0.25, 0.3) is 0 Å². The Bertz CT molecular complexity index is 2350. The molecule has 0 unspecified atom stereocenters. The van der Waals surface area contributed by atoms with E-state index in [-0.39, 0.29) is 11.5 Å². The normalized spacial score (nSPS) is 15.2. The van der Waals surface area contributed by atoms with Gasteiger partial charge in [0, 0.05) is 101 Å². The van der Waals surface area contributed by atoms with Crippen molar-refractivity contribution < 1.29 is 38.5 Å². The first-order chi connectivity index (χ1) is 26.5. The molecule has 0 aliphatic carbocycles. The maximum absolute atomic E-state index is 11.1. The minimum absolute atomic E-state index is 0.0969. The summed E-state index contributed by atoms with van der Waals surface area (Å²) in [4.78, 5) is 46.6. The minimum Gasteiger partial charge on any atom is -0.478 e. The Labute approximate surface area is 325 Å². The van der Waals surface area contributed by atoms with Crippen molar-refractivity contribution >= 4 is 74.4 Å². The fraction of sp³-hybridized carbons (Fsp3) is 0.250. The first kappa shape index (κ1) is 37.7. The van der Waals surface area contributed by atoms with Gasteiger partial charge in [-0.1, -0.05) is 41.4 Å². The van der Waals surface area contributed by atoms with Crippen molar-refractivity contribution in [2.75, 3.05) is 62.2 Å². The number of carboxylic acids is 3. The van der Waals surface area contributed by atoms with Gasteiger partial charge in [-0.3, -0.25) is 14.8 Å². The smallest absolute Gasteiger partial charge is 0.371 e. The molecular formula is C40H37Cl2N5O8. The first-order valence-corrected chi connectivity index (χ1v) is 18.4. The summed E-state index contributed by atoms with van der Waals surface area (Å²) in [6.45, 7) is 8.26. The van der Waals surface area contributed by atoms with Gasteiger partial charge < -0.3 is 34.0 Å². The van der Waals surface area contributed by atoms with Crippen LogP contribution in [0.1, 0.15) is 42.6 Å². The molecule has 5 heterocycles. The van der Waals surface area contributed by atoms with Crippen LogP contribution in [0.5, 0.6) is 0 Å². The second kappa shape index (κ2) is 16.4. The average molecular weight is 787 g/mol. The van der Waals surface area contributed by atoms with E-state index in [0.717, 1.165) is 75.8 Å².